The highest BCUT2D eigenvalue weighted by Crippen LogP contribution is 2.43. The van der Waals surface area contributed by atoms with Crippen LogP contribution in [0.15, 0.2) is 109 Å². The lowest BCUT2D eigenvalue weighted by molar-refractivity contribution is -0.124. The average Bonchev–Trinajstić information content (AvgIpc) is 3.74. The highest BCUT2D eigenvalue weighted by molar-refractivity contribution is 7.10. The first-order valence-corrected chi connectivity index (χ1v) is 20.0. The Bertz CT molecular complexity index is 1630. The standard InChI is InChI=1S/C24H32N2O2.C20H26N2O2S/c1-26(2)24(20-10-5-3-6-11-20)17-15-21(16-18-24)25-23(27)14-9-19-28-22-12-7-4-8-13-22;1-22(2)20(18-9-6-14-25-18)12-10-16(11-13-20)21-19(23)15-24-17-7-4-3-5-8-17/h3-8,10-13,21H,9,14-19H2,1-2H3,(H,25,27);3-9,14,16H,10-13,15H2,1-2H3,(H,21,23). The van der Waals surface area contributed by atoms with Gasteiger partial charge in [-0.15, -0.1) is 11.3 Å². The van der Waals surface area contributed by atoms with Gasteiger partial charge in [-0.3, -0.25) is 19.4 Å². The molecule has 1 heterocycles. The van der Waals surface area contributed by atoms with Crippen LogP contribution in [0.25, 0.3) is 0 Å². The summed E-state index contributed by atoms with van der Waals surface area (Å²) >= 11 is 1.83. The Morgan fingerprint density at radius 2 is 1.13 bits per heavy atom. The SMILES string of the molecule is CN(C)C1(c2ccccc2)CCC(NC(=O)CCCOc2ccccc2)CC1.CN(C)C1(c2cccs2)CCC(NC(=O)COc2ccccc2)CC1. The molecule has 0 saturated heterocycles. The van der Waals surface area contributed by atoms with E-state index < -0.39 is 0 Å². The van der Waals surface area contributed by atoms with E-state index in [9.17, 15) is 9.59 Å². The minimum absolute atomic E-state index is 0.0395. The molecule has 0 aliphatic heterocycles. The van der Waals surface area contributed by atoms with E-state index in [4.69, 9.17) is 9.47 Å². The number of hydrogen-bond donors (Lipinski definition) is 2. The molecule has 0 bridgehead atoms. The molecular weight excluding hydrogens is 681 g/mol. The van der Waals surface area contributed by atoms with Gasteiger partial charge in [0, 0.05) is 28.9 Å². The van der Waals surface area contributed by atoms with E-state index in [0.717, 1.165) is 69.3 Å². The Morgan fingerprint density at radius 3 is 1.64 bits per heavy atom. The van der Waals surface area contributed by atoms with Crippen molar-refractivity contribution in [2.24, 2.45) is 0 Å². The monoisotopic (exact) mass is 738 g/mol. The summed E-state index contributed by atoms with van der Waals surface area (Å²) in [5, 5.41) is 8.51. The normalized spacial score (nSPS) is 22.7. The van der Waals surface area contributed by atoms with Crippen molar-refractivity contribution in [3.8, 4) is 11.5 Å². The average molecular weight is 739 g/mol. The lowest BCUT2D eigenvalue weighted by Crippen LogP contribution is -2.48. The number of amides is 2. The fourth-order valence-corrected chi connectivity index (χ4v) is 8.92. The van der Waals surface area contributed by atoms with Crippen molar-refractivity contribution in [1.29, 1.82) is 0 Å². The topological polar surface area (TPSA) is 83.1 Å². The molecule has 0 spiro atoms. The van der Waals surface area contributed by atoms with Crippen LogP contribution in [-0.4, -0.2) is 75.1 Å². The lowest BCUT2D eigenvalue weighted by Gasteiger charge is -2.45. The lowest BCUT2D eigenvalue weighted by atomic mass is 9.74. The molecule has 6 rings (SSSR count). The van der Waals surface area contributed by atoms with Crippen molar-refractivity contribution in [2.75, 3.05) is 41.4 Å². The molecule has 2 N–H and O–H groups in total. The second-order valence-electron chi connectivity index (χ2n) is 14.7. The molecule has 0 unspecified atom stereocenters. The number of carbonyl (C=O) groups is 2. The third-order valence-corrected chi connectivity index (χ3v) is 12.1. The molecule has 2 aliphatic carbocycles. The molecule has 2 aliphatic rings. The van der Waals surface area contributed by atoms with Crippen LogP contribution >= 0.6 is 11.3 Å². The molecule has 4 aromatic rings. The second kappa shape index (κ2) is 19.8. The van der Waals surface area contributed by atoms with Gasteiger partial charge >= 0.3 is 0 Å². The summed E-state index contributed by atoms with van der Waals surface area (Å²) in [7, 11) is 8.65. The molecule has 2 fully saturated rings. The van der Waals surface area contributed by atoms with E-state index in [2.05, 4.69) is 96.5 Å². The minimum Gasteiger partial charge on any atom is -0.494 e. The summed E-state index contributed by atoms with van der Waals surface area (Å²) in [6.07, 6.45) is 9.51. The second-order valence-corrected chi connectivity index (χ2v) is 15.7. The van der Waals surface area contributed by atoms with Gasteiger partial charge in [0.25, 0.3) is 5.91 Å². The van der Waals surface area contributed by atoms with Gasteiger partial charge in [0.2, 0.25) is 5.91 Å². The molecule has 2 saturated carbocycles. The van der Waals surface area contributed by atoms with E-state index in [1.165, 1.54) is 10.4 Å². The molecule has 53 heavy (non-hydrogen) atoms. The van der Waals surface area contributed by atoms with Crippen LogP contribution < -0.4 is 20.1 Å². The molecule has 8 nitrogen and oxygen atoms in total. The number of benzene rings is 3. The van der Waals surface area contributed by atoms with Crippen molar-refractivity contribution in [3.63, 3.8) is 0 Å². The minimum atomic E-state index is -0.0395. The number of carbonyl (C=O) groups excluding carboxylic acids is 2. The Balaban J connectivity index is 0.000000206. The number of hydrogen-bond acceptors (Lipinski definition) is 7. The number of rotatable bonds is 14. The van der Waals surface area contributed by atoms with Gasteiger partial charge in [0.05, 0.1) is 12.1 Å². The number of nitrogens with one attached hydrogen (secondary N) is 2. The summed E-state index contributed by atoms with van der Waals surface area (Å²) in [5.41, 5.74) is 1.56. The maximum Gasteiger partial charge on any atom is 0.258 e. The van der Waals surface area contributed by atoms with E-state index in [1.807, 2.05) is 72.0 Å². The summed E-state index contributed by atoms with van der Waals surface area (Å²) in [6, 6.07) is 34.8. The van der Waals surface area contributed by atoms with Crippen molar-refractivity contribution in [2.45, 2.75) is 87.4 Å². The first-order chi connectivity index (χ1) is 25.7. The van der Waals surface area contributed by atoms with Crippen molar-refractivity contribution < 1.29 is 19.1 Å². The van der Waals surface area contributed by atoms with Crippen LogP contribution in [0.3, 0.4) is 0 Å². The van der Waals surface area contributed by atoms with Crippen molar-refractivity contribution >= 4 is 23.2 Å². The highest BCUT2D eigenvalue weighted by atomic mass is 32.1. The van der Waals surface area contributed by atoms with E-state index in [-0.39, 0.29) is 41.6 Å². The summed E-state index contributed by atoms with van der Waals surface area (Å²) in [4.78, 5) is 30.6. The zero-order chi connectivity index (χ0) is 37.5. The van der Waals surface area contributed by atoms with Crippen LogP contribution in [0, 0.1) is 0 Å². The third kappa shape index (κ3) is 11.2. The Kier molecular flexibility index (Phi) is 14.9. The zero-order valence-corrected chi connectivity index (χ0v) is 32.8. The molecule has 0 radical (unpaired) electrons. The van der Waals surface area contributed by atoms with Crippen LogP contribution in [-0.2, 0) is 20.7 Å². The Morgan fingerprint density at radius 1 is 0.642 bits per heavy atom. The zero-order valence-electron chi connectivity index (χ0n) is 32.0. The predicted octanol–water partition coefficient (Wildman–Crippen LogP) is 8.00. The number of ether oxygens (including phenoxy) is 2. The van der Waals surface area contributed by atoms with Gasteiger partial charge < -0.3 is 20.1 Å². The maximum absolute atomic E-state index is 12.3. The quantitative estimate of drug-likeness (QED) is 0.128. The van der Waals surface area contributed by atoms with Crippen LogP contribution in [0.5, 0.6) is 11.5 Å². The van der Waals surface area contributed by atoms with Crippen molar-refractivity contribution in [3.05, 3.63) is 119 Å². The van der Waals surface area contributed by atoms with Crippen LogP contribution in [0.2, 0.25) is 0 Å². The largest absolute Gasteiger partial charge is 0.494 e. The van der Waals surface area contributed by atoms with E-state index in [0.29, 0.717) is 13.0 Å². The van der Waals surface area contributed by atoms with Gasteiger partial charge in [-0.05, 0) is 127 Å². The molecule has 3 aromatic carbocycles. The van der Waals surface area contributed by atoms with Gasteiger partial charge in [-0.2, -0.15) is 0 Å². The molecule has 9 heteroatoms. The highest BCUT2D eigenvalue weighted by Gasteiger charge is 2.40. The van der Waals surface area contributed by atoms with Gasteiger partial charge in [-0.1, -0.05) is 72.8 Å². The number of para-hydroxylation sites is 2. The first-order valence-electron chi connectivity index (χ1n) is 19.1. The van der Waals surface area contributed by atoms with Gasteiger partial charge in [-0.25, -0.2) is 0 Å². The third-order valence-electron chi connectivity index (χ3n) is 11.0. The molecule has 1 aromatic heterocycles. The Labute approximate surface area is 320 Å². The maximum atomic E-state index is 12.3. The Hall–Kier alpha value is -4.18. The van der Waals surface area contributed by atoms with Gasteiger partial charge in [0.1, 0.15) is 11.5 Å². The summed E-state index contributed by atoms with van der Waals surface area (Å²) in [6.45, 7) is 0.643. The number of nitrogens with zero attached hydrogens (tertiary/aromatic N) is 2. The fourth-order valence-electron chi connectivity index (χ4n) is 7.85. The van der Waals surface area contributed by atoms with Crippen LogP contribution in [0.1, 0.15) is 74.6 Å². The molecule has 0 atom stereocenters. The van der Waals surface area contributed by atoms with E-state index >= 15 is 0 Å². The number of thiophene rings is 1. The summed E-state index contributed by atoms with van der Waals surface area (Å²) in [5.74, 6) is 1.68. The predicted molar refractivity (Wildman–Crippen MR) is 215 cm³/mol. The fraction of sp³-hybridized carbons (Fsp3) is 0.455. The smallest absolute Gasteiger partial charge is 0.258 e. The molecular formula is C44H58N4O4S. The van der Waals surface area contributed by atoms with Gasteiger partial charge in [0.15, 0.2) is 6.61 Å². The van der Waals surface area contributed by atoms with E-state index in [1.54, 1.807) is 0 Å². The molecule has 284 valence electrons. The summed E-state index contributed by atoms with van der Waals surface area (Å²) < 4.78 is 11.2. The van der Waals surface area contributed by atoms with Crippen molar-refractivity contribution in [1.82, 2.24) is 20.4 Å². The van der Waals surface area contributed by atoms with Crippen LogP contribution in [0.4, 0.5) is 0 Å². The first kappa shape index (κ1) is 40.0. The molecule has 2 amide bonds.